The second-order valence-electron chi connectivity index (χ2n) is 13.3. The molecule has 0 saturated carbocycles. The Hall–Kier alpha value is -6.44. The van der Waals surface area contributed by atoms with Gasteiger partial charge in [0.15, 0.2) is 0 Å². The molecule has 0 amide bonds. The maximum Gasteiger partial charge on any atom is 0.143 e. The highest BCUT2D eigenvalue weighted by molar-refractivity contribution is 6.23. The van der Waals surface area contributed by atoms with Crippen molar-refractivity contribution in [3.05, 3.63) is 181 Å². The van der Waals surface area contributed by atoms with Crippen molar-refractivity contribution < 1.29 is 4.42 Å². The number of rotatable bonds is 4. The fourth-order valence-electron chi connectivity index (χ4n) is 8.08. The summed E-state index contributed by atoms with van der Waals surface area (Å²) in [5.41, 5.74) is 12.7. The van der Waals surface area contributed by atoms with Crippen LogP contribution in [0.15, 0.2) is 180 Å². The van der Waals surface area contributed by atoms with Crippen LogP contribution in [0.5, 0.6) is 0 Å². The van der Waals surface area contributed by atoms with Crippen LogP contribution in [0, 0.1) is 6.92 Å². The molecule has 1 nitrogen and oxygen atoms in total. The van der Waals surface area contributed by atoms with Crippen LogP contribution in [-0.2, 0) is 0 Å². The van der Waals surface area contributed by atoms with Crippen molar-refractivity contribution in [2.75, 3.05) is 0 Å². The zero-order chi connectivity index (χ0) is 33.2. The summed E-state index contributed by atoms with van der Waals surface area (Å²) in [4.78, 5) is 0. The lowest BCUT2D eigenvalue weighted by Crippen LogP contribution is -1.92. The van der Waals surface area contributed by atoms with Gasteiger partial charge in [0.2, 0.25) is 0 Å². The van der Waals surface area contributed by atoms with Gasteiger partial charge >= 0.3 is 0 Å². The highest BCUT2D eigenvalue weighted by atomic mass is 16.3. The molecule has 0 aliphatic carbocycles. The highest BCUT2D eigenvalue weighted by Crippen LogP contribution is 2.46. The molecule has 0 saturated heterocycles. The molecule has 1 heterocycles. The maximum atomic E-state index is 6.65. The van der Waals surface area contributed by atoms with Gasteiger partial charge < -0.3 is 4.42 Å². The first-order valence-corrected chi connectivity index (χ1v) is 17.3. The monoisotopic (exact) mass is 636 g/mol. The lowest BCUT2D eigenvalue weighted by Gasteiger charge is -2.19. The summed E-state index contributed by atoms with van der Waals surface area (Å²) in [5.74, 6) is 0. The van der Waals surface area contributed by atoms with Gasteiger partial charge in [-0.2, -0.15) is 0 Å². The summed E-state index contributed by atoms with van der Waals surface area (Å²) >= 11 is 0. The van der Waals surface area contributed by atoms with E-state index in [-0.39, 0.29) is 0 Å². The third-order valence-electron chi connectivity index (χ3n) is 10.2. The van der Waals surface area contributed by atoms with Gasteiger partial charge in [0.25, 0.3) is 0 Å². The lowest BCUT2D eigenvalue weighted by molar-refractivity contribution is 0.670. The summed E-state index contributed by atoms with van der Waals surface area (Å²) in [6, 6.07) is 63.8. The number of benzene rings is 9. The molecule has 50 heavy (non-hydrogen) atoms. The SMILES string of the molecule is Cc1cc(-c2ccc3c(-c4ccccc4)c4ccccc4c(-c4ccccc4)c3c2)cc(-c2cc3ccccc3c3c2oc2ccccc23)c1. The van der Waals surface area contributed by atoms with Crippen molar-refractivity contribution >= 4 is 54.3 Å². The smallest absolute Gasteiger partial charge is 0.143 e. The Kier molecular flexibility index (Phi) is 6.47. The van der Waals surface area contributed by atoms with Gasteiger partial charge in [0.05, 0.1) is 0 Å². The van der Waals surface area contributed by atoms with Gasteiger partial charge in [-0.3, -0.25) is 0 Å². The Labute approximate surface area is 290 Å². The lowest BCUT2D eigenvalue weighted by atomic mass is 9.84. The zero-order valence-electron chi connectivity index (χ0n) is 27.7. The fourth-order valence-corrected chi connectivity index (χ4v) is 8.08. The van der Waals surface area contributed by atoms with Gasteiger partial charge in [0, 0.05) is 16.3 Å². The molecule has 0 fully saturated rings. The molecule has 9 aromatic carbocycles. The molecule has 0 aliphatic heterocycles. The van der Waals surface area contributed by atoms with E-state index in [4.69, 9.17) is 4.42 Å². The standard InChI is InChI=1S/C49H32O/c1-31-26-36(28-37(27-31)43-30-35-18-8-9-19-38(35)48-42-22-12-13-23-45(42)50-49(43)48)34-24-25-41-44(29-34)47(33-16-6-3-7-17-33)40-21-11-10-20-39(40)46(41)32-14-4-2-5-15-32/h2-30H,1H3. The highest BCUT2D eigenvalue weighted by Gasteiger charge is 2.19. The molecule has 234 valence electrons. The zero-order valence-corrected chi connectivity index (χ0v) is 27.7. The summed E-state index contributed by atoms with van der Waals surface area (Å²) in [6.07, 6.45) is 0. The average molecular weight is 637 g/mol. The summed E-state index contributed by atoms with van der Waals surface area (Å²) in [7, 11) is 0. The molecule has 10 aromatic rings. The van der Waals surface area contributed by atoms with Crippen molar-refractivity contribution in [3.63, 3.8) is 0 Å². The van der Waals surface area contributed by atoms with E-state index in [0.29, 0.717) is 0 Å². The van der Waals surface area contributed by atoms with Gasteiger partial charge in [-0.15, -0.1) is 0 Å². The van der Waals surface area contributed by atoms with E-state index >= 15 is 0 Å². The topological polar surface area (TPSA) is 13.1 Å². The number of furan rings is 1. The normalized spacial score (nSPS) is 11.7. The predicted molar refractivity (Wildman–Crippen MR) is 213 cm³/mol. The summed E-state index contributed by atoms with van der Waals surface area (Å²) in [5, 5.41) is 9.78. The van der Waals surface area contributed by atoms with Crippen molar-refractivity contribution in [3.8, 4) is 44.5 Å². The van der Waals surface area contributed by atoms with Crippen LogP contribution in [0.25, 0.3) is 98.8 Å². The van der Waals surface area contributed by atoms with E-state index in [1.54, 1.807) is 0 Å². The first-order valence-electron chi connectivity index (χ1n) is 17.3. The van der Waals surface area contributed by atoms with Crippen LogP contribution >= 0.6 is 0 Å². The van der Waals surface area contributed by atoms with Crippen LogP contribution in [-0.4, -0.2) is 0 Å². The van der Waals surface area contributed by atoms with Crippen LogP contribution in [0.2, 0.25) is 0 Å². The molecule has 0 radical (unpaired) electrons. The second-order valence-corrected chi connectivity index (χ2v) is 13.3. The van der Waals surface area contributed by atoms with Crippen molar-refractivity contribution in [1.29, 1.82) is 0 Å². The van der Waals surface area contributed by atoms with E-state index < -0.39 is 0 Å². The van der Waals surface area contributed by atoms with Gasteiger partial charge in [-0.05, 0) is 108 Å². The van der Waals surface area contributed by atoms with E-state index in [2.05, 4.69) is 177 Å². The molecule has 0 N–H and O–H groups in total. The Morgan fingerprint density at radius 1 is 0.360 bits per heavy atom. The maximum absolute atomic E-state index is 6.65. The second kappa shape index (κ2) is 11.3. The third-order valence-corrected chi connectivity index (χ3v) is 10.2. The third kappa shape index (κ3) is 4.48. The molecular formula is C49H32O. The fraction of sp³-hybridized carbons (Fsp3) is 0.0204. The summed E-state index contributed by atoms with van der Waals surface area (Å²) in [6.45, 7) is 2.20. The molecule has 0 bridgehead atoms. The predicted octanol–water partition coefficient (Wildman–Crippen LogP) is 14.0. The molecular weight excluding hydrogens is 605 g/mol. The van der Waals surface area contributed by atoms with Crippen LogP contribution in [0.4, 0.5) is 0 Å². The van der Waals surface area contributed by atoms with Gasteiger partial charge in [0.1, 0.15) is 11.2 Å². The van der Waals surface area contributed by atoms with Crippen molar-refractivity contribution in [1.82, 2.24) is 0 Å². The average Bonchev–Trinajstić information content (AvgIpc) is 3.57. The molecule has 0 atom stereocenters. The first kappa shape index (κ1) is 28.6. The Balaban J connectivity index is 1.25. The van der Waals surface area contributed by atoms with Gasteiger partial charge in [-0.25, -0.2) is 0 Å². The minimum atomic E-state index is 0.914. The molecule has 0 spiro atoms. The minimum absolute atomic E-state index is 0.914. The summed E-state index contributed by atoms with van der Waals surface area (Å²) < 4.78 is 6.65. The molecule has 1 aromatic heterocycles. The number of hydrogen-bond donors (Lipinski definition) is 0. The van der Waals surface area contributed by atoms with E-state index in [9.17, 15) is 0 Å². The largest absolute Gasteiger partial charge is 0.455 e. The Bertz CT molecular complexity index is 2910. The van der Waals surface area contributed by atoms with Crippen molar-refractivity contribution in [2.24, 2.45) is 0 Å². The van der Waals surface area contributed by atoms with E-state index in [1.807, 2.05) is 6.07 Å². The number of para-hydroxylation sites is 1. The van der Waals surface area contributed by atoms with Crippen LogP contribution < -0.4 is 0 Å². The number of hydrogen-bond acceptors (Lipinski definition) is 1. The van der Waals surface area contributed by atoms with Crippen LogP contribution in [0.3, 0.4) is 0 Å². The number of fused-ring (bicyclic) bond motifs is 7. The van der Waals surface area contributed by atoms with Gasteiger partial charge in [-0.1, -0.05) is 152 Å². The molecule has 0 unspecified atom stereocenters. The number of aryl methyl sites for hydroxylation is 1. The van der Waals surface area contributed by atoms with Crippen molar-refractivity contribution in [2.45, 2.75) is 6.92 Å². The molecule has 10 rings (SSSR count). The Morgan fingerprint density at radius 2 is 0.920 bits per heavy atom. The van der Waals surface area contributed by atoms with E-state index in [1.165, 1.54) is 76.6 Å². The minimum Gasteiger partial charge on any atom is -0.455 e. The quantitative estimate of drug-likeness (QED) is 0.175. The van der Waals surface area contributed by atoms with E-state index in [0.717, 1.165) is 27.7 Å². The first-order chi connectivity index (χ1) is 24.7. The van der Waals surface area contributed by atoms with Crippen LogP contribution in [0.1, 0.15) is 5.56 Å². The Morgan fingerprint density at radius 3 is 1.64 bits per heavy atom. The molecule has 1 heteroatoms. The molecule has 0 aliphatic rings.